The van der Waals surface area contributed by atoms with Crippen molar-refractivity contribution < 1.29 is 19.1 Å². The molecular weight excluding hydrogens is 413 g/mol. The molecule has 3 aromatic rings. The van der Waals surface area contributed by atoms with Crippen LogP contribution in [-0.2, 0) is 4.79 Å². The number of nitrogens with zero attached hydrogens (tertiary/aromatic N) is 5. The first-order valence-electron chi connectivity index (χ1n) is 10.5. The lowest BCUT2D eigenvalue weighted by atomic mass is 10.1. The number of carbonyl (C=O) groups is 2. The Kier molecular flexibility index (Phi) is 5.46. The van der Waals surface area contributed by atoms with Gasteiger partial charge < -0.3 is 14.9 Å². The minimum Gasteiger partial charge on any atom is -0.381 e. The van der Waals surface area contributed by atoms with Crippen molar-refractivity contribution >= 4 is 17.5 Å². The summed E-state index contributed by atoms with van der Waals surface area (Å²) in [5.41, 5.74) is 1.65. The van der Waals surface area contributed by atoms with Gasteiger partial charge in [-0.15, -0.1) is 0 Å². The van der Waals surface area contributed by atoms with E-state index < -0.39 is 5.60 Å². The Morgan fingerprint density at radius 1 is 1.19 bits per heavy atom. The van der Waals surface area contributed by atoms with E-state index in [-0.39, 0.29) is 29.4 Å². The maximum absolute atomic E-state index is 13.2. The molecule has 0 radical (unpaired) electrons. The number of amides is 2. The zero-order valence-electron chi connectivity index (χ0n) is 18.5. The van der Waals surface area contributed by atoms with Gasteiger partial charge in [-0.1, -0.05) is 0 Å². The van der Waals surface area contributed by atoms with Crippen LogP contribution in [0.25, 0.3) is 16.9 Å². The summed E-state index contributed by atoms with van der Waals surface area (Å²) in [6, 6.07) is 7.69. The van der Waals surface area contributed by atoms with E-state index in [0.29, 0.717) is 31.0 Å². The fourth-order valence-corrected chi connectivity index (χ4v) is 3.95. The molecule has 0 bridgehead atoms. The van der Waals surface area contributed by atoms with Crippen LogP contribution >= 0.6 is 0 Å². The van der Waals surface area contributed by atoms with Gasteiger partial charge in [-0.2, -0.15) is 5.10 Å². The van der Waals surface area contributed by atoms with E-state index in [1.165, 1.54) is 26.0 Å². The maximum atomic E-state index is 13.2. The van der Waals surface area contributed by atoms with Crippen molar-refractivity contribution in [2.75, 3.05) is 19.6 Å². The van der Waals surface area contributed by atoms with Gasteiger partial charge in [0.1, 0.15) is 17.1 Å². The van der Waals surface area contributed by atoms with E-state index in [2.05, 4.69) is 10.1 Å². The summed E-state index contributed by atoms with van der Waals surface area (Å²) in [5.74, 6) is -0.904. The van der Waals surface area contributed by atoms with Gasteiger partial charge in [0.25, 0.3) is 11.8 Å². The third-order valence-electron chi connectivity index (χ3n) is 5.67. The summed E-state index contributed by atoms with van der Waals surface area (Å²) in [5, 5.41) is 14.6. The lowest BCUT2D eigenvalue weighted by Crippen LogP contribution is -2.59. The first kappa shape index (κ1) is 21.9. The Hall–Kier alpha value is -3.33. The van der Waals surface area contributed by atoms with Crippen molar-refractivity contribution in [3.63, 3.8) is 0 Å². The second kappa shape index (κ2) is 7.98. The number of halogens is 1. The number of aliphatic hydroxyl groups is 1. The Morgan fingerprint density at radius 2 is 1.88 bits per heavy atom. The summed E-state index contributed by atoms with van der Waals surface area (Å²) < 4.78 is 14.8. The molecule has 1 saturated heterocycles. The monoisotopic (exact) mass is 439 g/mol. The molecule has 168 valence electrons. The molecule has 32 heavy (non-hydrogen) atoms. The van der Waals surface area contributed by atoms with Crippen LogP contribution in [0.15, 0.2) is 36.5 Å². The summed E-state index contributed by atoms with van der Waals surface area (Å²) in [4.78, 5) is 33.3. The van der Waals surface area contributed by atoms with E-state index in [9.17, 15) is 19.1 Å². The number of fused-ring (bicyclic) bond motifs is 1. The van der Waals surface area contributed by atoms with E-state index >= 15 is 0 Å². The van der Waals surface area contributed by atoms with Crippen LogP contribution in [0.5, 0.6) is 0 Å². The third-order valence-corrected chi connectivity index (χ3v) is 5.67. The van der Waals surface area contributed by atoms with Crippen molar-refractivity contribution in [3.05, 3.63) is 53.6 Å². The molecule has 8 nitrogen and oxygen atoms in total. The molecule has 1 aliphatic heterocycles. The van der Waals surface area contributed by atoms with Crippen LogP contribution < -0.4 is 0 Å². The number of aromatic nitrogens is 3. The Labute approximate surface area is 185 Å². The number of aryl methyl sites for hydroxylation is 1. The fourth-order valence-electron chi connectivity index (χ4n) is 3.95. The van der Waals surface area contributed by atoms with Gasteiger partial charge in [0, 0.05) is 31.2 Å². The van der Waals surface area contributed by atoms with Crippen molar-refractivity contribution in [2.45, 2.75) is 39.3 Å². The molecule has 1 fully saturated rings. The SMILES string of the molecule is Cc1cc(-c2ccc(F)cc2)nn2cc(C(=O)N3CCN(C(=O)C(C)(C)O)C(C)C3)nc12. The Bertz CT molecular complexity index is 1180. The number of carbonyl (C=O) groups excluding carboxylic acids is 2. The highest BCUT2D eigenvalue weighted by molar-refractivity contribution is 5.93. The predicted octanol–water partition coefficient (Wildman–Crippen LogP) is 2.29. The summed E-state index contributed by atoms with van der Waals surface area (Å²) in [6.45, 7) is 7.71. The molecule has 3 heterocycles. The van der Waals surface area contributed by atoms with Crippen molar-refractivity contribution in [1.82, 2.24) is 24.4 Å². The largest absolute Gasteiger partial charge is 0.381 e. The topological polar surface area (TPSA) is 91.0 Å². The molecule has 0 saturated carbocycles. The van der Waals surface area contributed by atoms with Crippen LogP contribution in [0.3, 0.4) is 0 Å². The Balaban J connectivity index is 1.56. The second-order valence-electron chi connectivity index (χ2n) is 8.77. The maximum Gasteiger partial charge on any atom is 0.274 e. The third kappa shape index (κ3) is 4.08. The molecule has 1 aliphatic rings. The van der Waals surface area contributed by atoms with Gasteiger partial charge in [-0.3, -0.25) is 9.59 Å². The van der Waals surface area contributed by atoms with E-state index in [0.717, 1.165) is 11.1 Å². The average Bonchev–Trinajstić information content (AvgIpc) is 3.17. The molecule has 0 aliphatic carbocycles. The van der Waals surface area contributed by atoms with Gasteiger partial charge in [-0.05, 0) is 63.6 Å². The van der Waals surface area contributed by atoms with Gasteiger partial charge in [0.05, 0.1) is 11.9 Å². The number of rotatable bonds is 3. The first-order chi connectivity index (χ1) is 15.0. The molecule has 1 N–H and O–H groups in total. The molecule has 1 aromatic carbocycles. The fraction of sp³-hybridized carbons (Fsp3) is 0.391. The van der Waals surface area contributed by atoms with Crippen molar-refractivity contribution in [3.8, 4) is 11.3 Å². The number of hydrogen-bond acceptors (Lipinski definition) is 5. The van der Waals surface area contributed by atoms with Gasteiger partial charge in [-0.25, -0.2) is 13.9 Å². The van der Waals surface area contributed by atoms with Crippen LogP contribution in [0, 0.1) is 12.7 Å². The van der Waals surface area contributed by atoms with Gasteiger partial charge >= 0.3 is 0 Å². The van der Waals surface area contributed by atoms with Crippen LogP contribution in [0.4, 0.5) is 4.39 Å². The lowest BCUT2D eigenvalue weighted by molar-refractivity contribution is -0.152. The van der Waals surface area contributed by atoms with Gasteiger partial charge in [0.2, 0.25) is 0 Å². The van der Waals surface area contributed by atoms with E-state index in [4.69, 9.17) is 0 Å². The quantitative estimate of drug-likeness (QED) is 0.676. The zero-order valence-corrected chi connectivity index (χ0v) is 18.5. The van der Waals surface area contributed by atoms with Crippen LogP contribution in [0.2, 0.25) is 0 Å². The predicted molar refractivity (Wildman–Crippen MR) is 116 cm³/mol. The normalized spacial score (nSPS) is 17.1. The summed E-state index contributed by atoms with van der Waals surface area (Å²) in [6.07, 6.45) is 1.59. The molecule has 0 spiro atoms. The average molecular weight is 439 g/mol. The summed E-state index contributed by atoms with van der Waals surface area (Å²) in [7, 11) is 0. The second-order valence-corrected chi connectivity index (χ2v) is 8.77. The molecule has 9 heteroatoms. The zero-order chi connectivity index (χ0) is 23.2. The highest BCUT2D eigenvalue weighted by Crippen LogP contribution is 2.22. The van der Waals surface area contributed by atoms with Crippen molar-refractivity contribution in [2.24, 2.45) is 0 Å². The summed E-state index contributed by atoms with van der Waals surface area (Å²) >= 11 is 0. The first-order valence-corrected chi connectivity index (χ1v) is 10.5. The molecule has 1 unspecified atom stereocenters. The Morgan fingerprint density at radius 3 is 2.50 bits per heavy atom. The number of benzene rings is 1. The molecular formula is C23H26FN5O3. The number of imidazole rings is 1. The van der Waals surface area contributed by atoms with E-state index in [1.807, 2.05) is 19.9 Å². The van der Waals surface area contributed by atoms with Gasteiger partial charge in [0.15, 0.2) is 5.65 Å². The minimum absolute atomic E-state index is 0.228. The molecule has 2 aromatic heterocycles. The van der Waals surface area contributed by atoms with Crippen LogP contribution in [0.1, 0.15) is 36.8 Å². The lowest BCUT2D eigenvalue weighted by Gasteiger charge is -2.41. The highest BCUT2D eigenvalue weighted by Gasteiger charge is 2.36. The number of piperazine rings is 1. The highest BCUT2D eigenvalue weighted by atomic mass is 19.1. The standard InChI is InChI=1S/C23H26FN5O3/c1-14-11-18(16-5-7-17(24)8-6-16)26-29-13-19(25-20(14)29)21(30)27-9-10-28(15(2)12-27)22(31)23(3,4)32/h5-8,11,13,15,32H,9-10,12H2,1-4H3. The molecule has 1 atom stereocenters. The van der Waals surface area contributed by atoms with Crippen LogP contribution in [-0.4, -0.2) is 72.6 Å². The smallest absolute Gasteiger partial charge is 0.274 e. The molecule has 2 amide bonds. The minimum atomic E-state index is -1.45. The molecule has 4 rings (SSSR count). The number of hydrogen-bond donors (Lipinski definition) is 1. The van der Waals surface area contributed by atoms with E-state index in [1.54, 1.807) is 32.6 Å². The van der Waals surface area contributed by atoms with Crippen molar-refractivity contribution in [1.29, 1.82) is 0 Å².